The highest BCUT2D eigenvalue weighted by Crippen LogP contribution is 2.33. The van der Waals surface area contributed by atoms with Crippen molar-refractivity contribution in [2.24, 2.45) is 0 Å². The van der Waals surface area contributed by atoms with Crippen LogP contribution in [0.2, 0.25) is 0 Å². The van der Waals surface area contributed by atoms with Gasteiger partial charge >= 0.3 is 0 Å². The number of aromatic nitrogens is 1. The van der Waals surface area contributed by atoms with Gasteiger partial charge in [-0.2, -0.15) is 0 Å². The molecule has 0 aliphatic carbocycles. The van der Waals surface area contributed by atoms with Crippen LogP contribution in [0.25, 0.3) is 10.9 Å². The highest BCUT2D eigenvalue weighted by atomic mass is 16.5. The van der Waals surface area contributed by atoms with E-state index in [0.29, 0.717) is 12.4 Å². The summed E-state index contributed by atoms with van der Waals surface area (Å²) in [4.78, 5) is 4.40. The van der Waals surface area contributed by atoms with E-state index in [2.05, 4.69) is 11.9 Å². The molecule has 1 aromatic heterocycles. The Bertz CT molecular complexity index is 754. The summed E-state index contributed by atoms with van der Waals surface area (Å²) >= 11 is 0. The van der Waals surface area contributed by atoms with E-state index < -0.39 is 0 Å². The number of pyridine rings is 1. The second kappa shape index (κ2) is 5.83. The van der Waals surface area contributed by atoms with Crippen LogP contribution in [0.4, 0.5) is 0 Å². The van der Waals surface area contributed by atoms with Crippen molar-refractivity contribution in [3.8, 4) is 11.5 Å². The quantitative estimate of drug-likeness (QED) is 0.719. The summed E-state index contributed by atoms with van der Waals surface area (Å²) in [6, 6.07) is 16.0. The van der Waals surface area contributed by atoms with Gasteiger partial charge in [0.15, 0.2) is 11.5 Å². The Morgan fingerprint density at radius 3 is 2.57 bits per heavy atom. The number of hydrogen-bond donors (Lipinski definition) is 0. The van der Waals surface area contributed by atoms with E-state index in [9.17, 15) is 0 Å². The van der Waals surface area contributed by atoms with Crippen LogP contribution in [0.3, 0.4) is 0 Å². The predicted octanol–water partition coefficient (Wildman–Crippen LogP) is 4.13. The Labute approximate surface area is 124 Å². The van der Waals surface area contributed by atoms with E-state index in [0.717, 1.165) is 22.2 Å². The summed E-state index contributed by atoms with van der Waals surface area (Å²) in [6.45, 7) is 2.57. The first kappa shape index (κ1) is 13.4. The highest BCUT2D eigenvalue weighted by Gasteiger charge is 2.09. The molecule has 106 valence electrons. The van der Waals surface area contributed by atoms with Crippen LogP contribution >= 0.6 is 0 Å². The van der Waals surface area contributed by atoms with Gasteiger partial charge in [-0.15, -0.1) is 0 Å². The number of aryl methyl sites for hydroxylation is 1. The molecule has 0 radical (unpaired) electrons. The number of ether oxygens (including phenoxy) is 2. The van der Waals surface area contributed by atoms with Gasteiger partial charge in [-0.05, 0) is 30.2 Å². The molecule has 2 aromatic carbocycles. The minimum atomic E-state index is 0.508. The summed E-state index contributed by atoms with van der Waals surface area (Å²) in [5, 5.41) is 1.08. The van der Waals surface area contributed by atoms with Gasteiger partial charge in [0.25, 0.3) is 0 Å². The normalized spacial score (nSPS) is 10.6. The van der Waals surface area contributed by atoms with E-state index in [-0.39, 0.29) is 0 Å². The van der Waals surface area contributed by atoms with Crippen molar-refractivity contribution in [3.63, 3.8) is 0 Å². The summed E-state index contributed by atoms with van der Waals surface area (Å²) < 4.78 is 11.3. The molecule has 0 aliphatic heterocycles. The molecular formula is C18H17NO2. The topological polar surface area (TPSA) is 31.4 Å². The van der Waals surface area contributed by atoms with Gasteiger partial charge in [-0.3, -0.25) is 4.98 Å². The molecule has 3 aromatic rings. The maximum atomic E-state index is 5.90. The SMILES string of the molecule is COc1cc2c(C)ccnc2cc1OCc1ccccc1. The second-order valence-corrected chi connectivity index (χ2v) is 4.92. The first-order chi connectivity index (χ1) is 10.3. The molecule has 3 nitrogen and oxygen atoms in total. The number of rotatable bonds is 4. The van der Waals surface area contributed by atoms with E-state index in [4.69, 9.17) is 9.47 Å². The van der Waals surface area contributed by atoms with Crippen LogP contribution in [-0.4, -0.2) is 12.1 Å². The summed E-state index contributed by atoms with van der Waals surface area (Å²) in [5.74, 6) is 1.45. The summed E-state index contributed by atoms with van der Waals surface area (Å²) in [7, 11) is 1.66. The molecule has 0 spiro atoms. The minimum absolute atomic E-state index is 0.508. The fraction of sp³-hybridized carbons (Fsp3) is 0.167. The molecule has 21 heavy (non-hydrogen) atoms. The molecule has 0 fully saturated rings. The molecular weight excluding hydrogens is 262 g/mol. The fourth-order valence-corrected chi connectivity index (χ4v) is 2.30. The van der Waals surface area contributed by atoms with Crippen molar-refractivity contribution in [3.05, 3.63) is 65.9 Å². The van der Waals surface area contributed by atoms with Crippen LogP contribution in [0.15, 0.2) is 54.7 Å². The molecule has 0 bridgehead atoms. The lowest BCUT2D eigenvalue weighted by molar-refractivity contribution is 0.285. The Hall–Kier alpha value is -2.55. The Morgan fingerprint density at radius 2 is 1.81 bits per heavy atom. The zero-order valence-electron chi connectivity index (χ0n) is 12.2. The third-order valence-electron chi connectivity index (χ3n) is 3.48. The Kier molecular flexibility index (Phi) is 3.73. The lowest BCUT2D eigenvalue weighted by Gasteiger charge is -2.12. The van der Waals surface area contributed by atoms with Gasteiger partial charge in [0.2, 0.25) is 0 Å². The van der Waals surface area contributed by atoms with Crippen molar-refractivity contribution in [1.29, 1.82) is 0 Å². The molecule has 3 rings (SSSR count). The molecule has 0 saturated carbocycles. The number of fused-ring (bicyclic) bond motifs is 1. The van der Waals surface area contributed by atoms with E-state index >= 15 is 0 Å². The van der Waals surface area contributed by atoms with Crippen LogP contribution in [-0.2, 0) is 6.61 Å². The zero-order valence-corrected chi connectivity index (χ0v) is 12.2. The standard InChI is InChI=1S/C18H17NO2/c1-13-8-9-19-16-11-18(17(20-2)10-15(13)16)21-12-14-6-4-3-5-7-14/h3-11H,12H2,1-2H3. The van der Waals surface area contributed by atoms with Crippen molar-refractivity contribution >= 4 is 10.9 Å². The molecule has 0 N–H and O–H groups in total. The van der Waals surface area contributed by atoms with Crippen LogP contribution in [0.1, 0.15) is 11.1 Å². The van der Waals surface area contributed by atoms with Gasteiger partial charge in [0.1, 0.15) is 6.61 Å². The van der Waals surface area contributed by atoms with Crippen molar-refractivity contribution in [1.82, 2.24) is 4.98 Å². The zero-order chi connectivity index (χ0) is 14.7. The molecule has 0 amide bonds. The van der Waals surface area contributed by atoms with Crippen LogP contribution in [0, 0.1) is 6.92 Å². The van der Waals surface area contributed by atoms with Crippen molar-refractivity contribution in [2.75, 3.05) is 7.11 Å². The number of benzene rings is 2. The first-order valence-electron chi connectivity index (χ1n) is 6.88. The first-order valence-corrected chi connectivity index (χ1v) is 6.88. The second-order valence-electron chi connectivity index (χ2n) is 4.92. The van der Waals surface area contributed by atoms with Gasteiger partial charge in [-0.1, -0.05) is 30.3 Å². The van der Waals surface area contributed by atoms with Gasteiger partial charge in [0, 0.05) is 17.6 Å². The van der Waals surface area contributed by atoms with Gasteiger partial charge in [0.05, 0.1) is 12.6 Å². The van der Waals surface area contributed by atoms with Gasteiger partial charge < -0.3 is 9.47 Å². The van der Waals surface area contributed by atoms with E-state index in [1.54, 1.807) is 7.11 Å². The lowest BCUT2D eigenvalue weighted by atomic mass is 10.1. The molecule has 0 saturated heterocycles. The predicted molar refractivity (Wildman–Crippen MR) is 83.8 cm³/mol. The van der Waals surface area contributed by atoms with E-state index in [1.165, 1.54) is 5.56 Å². The summed E-state index contributed by atoms with van der Waals surface area (Å²) in [6.07, 6.45) is 1.81. The van der Waals surface area contributed by atoms with E-state index in [1.807, 2.05) is 54.7 Å². The molecule has 0 unspecified atom stereocenters. The fourth-order valence-electron chi connectivity index (χ4n) is 2.30. The molecule has 0 aliphatic rings. The number of methoxy groups -OCH3 is 1. The largest absolute Gasteiger partial charge is 0.493 e. The third kappa shape index (κ3) is 2.82. The Balaban J connectivity index is 1.94. The molecule has 3 heteroatoms. The van der Waals surface area contributed by atoms with Gasteiger partial charge in [-0.25, -0.2) is 0 Å². The van der Waals surface area contributed by atoms with Crippen LogP contribution in [0.5, 0.6) is 11.5 Å². The average Bonchev–Trinajstić information content (AvgIpc) is 2.53. The smallest absolute Gasteiger partial charge is 0.163 e. The third-order valence-corrected chi connectivity index (χ3v) is 3.48. The number of hydrogen-bond acceptors (Lipinski definition) is 3. The maximum absolute atomic E-state index is 5.90. The minimum Gasteiger partial charge on any atom is -0.493 e. The van der Waals surface area contributed by atoms with Crippen LogP contribution < -0.4 is 9.47 Å². The number of nitrogens with zero attached hydrogens (tertiary/aromatic N) is 1. The average molecular weight is 279 g/mol. The Morgan fingerprint density at radius 1 is 1.00 bits per heavy atom. The molecule has 0 atom stereocenters. The van der Waals surface area contributed by atoms with Crippen molar-refractivity contribution < 1.29 is 9.47 Å². The lowest BCUT2D eigenvalue weighted by Crippen LogP contribution is -1.98. The van der Waals surface area contributed by atoms with Crippen molar-refractivity contribution in [2.45, 2.75) is 13.5 Å². The maximum Gasteiger partial charge on any atom is 0.163 e. The monoisotopic (exact) mass is 279 g/mol. The molecule has 1 heterocycles. The summed E-state index contributed by atoms with van der Waals surface area (Å²) in [5.41, 5.74) is 3.21. The highest BCUT2D eigenvalue weighted by molar-refractivity contribution is 5.85.